The number of nitrogens with zero attached hydrogens (tertiary/aromatic N) is 1. The van der Waals surface area contributed by atoms with Crippen molar-refractivity contribution < 1.29 is 9.59 Å². The highest BCUT2D eigenvalue weighted by Gasteiger charge is 2.33. The van der Waals surface area contributed by atoms with Gasteiger partial charge in [0.2, 0.25) is 0 Å². The number of benzene rings is 1. The zero-order valence-electron chi connectivity index (χ0n) is 7.28. The molecule has 1 aromatic rings. The highest BCUT2D eigenvalue weighted by Crippen LogP contribution is 2.21. The number of fused-ring (bicyclic) bond motifs is 1. The zero-order chi connectivity index (χ0) is 9.42. The second-order valence-corrected chi connectivity index (χ2v) is 2.90. The summed E-state index contributed by atoms with van der Waals surface area (Å²) in [5.74, 6) is -0.355. The quantitative estimate of drug-likeness (QED) is 0.438. The minimum atomic E-state index is -0.178. The Labute approximate surface area is 76.8 Å². The van der Waals surface area contributed by atoms with Gasteiger partial charge in [0.05, 0.1) is 11.1 Å². The van der Waals surface area contributed by atoms with Crippen LogP contribution in [0.25, 0.3) is 0 Å². The van der Waals surface area contributed by atoms with E-state index in [1.807, 2.05) is 0 Å². The maximum Gasteiger partial charge on any atom is 0.260 e. The van der Waals surface area contributed by atoms with Crippen molar-refractivity contribution in [3.05, 3.63) is 35.4 Å². The van der Waals surface area contributed by atoms with Crippen molar-refractivity contribution in [2.45, 2.75) is 0 Å². The summed E-state index contributed by atoms with van der Waals surface area (Å²) in [5, 5.41) is 0. The molecule has 0 unspecified atom stereocenters. The Bertz CT molecular complexity index is 354. The van der Waals surface area contributed by atoms with E-state index in [-0.39, 0.29) is 11.8 Å². The van der Waals surface area contributed by atoms with Gasteiger partial charge < -0.3 is 0 Å². The molecule has 64 valence electrons. The lowest BCUT2D eigenvalue weighted by atomic mass is 10.1. The van der Waals surface area contributed by atoms with Crippen molar-refractivity contribution in [2.24, 2.45) is 0 Å². The van der Waals surface area contributed by atoms with Crippen LogP contribution in [0.3, 0.4) is 0 Å². The molecule has 1 heterocycles. The molecule has 1 aliphatic rings. The van der Waals surface area contributed by atoms with E-state index in [2.05, 4.69) is 0 Å². The monoisotopic (exact) mass is 173 g/mol. The molecule has 2 rings (SSSR count). The first-order valence-electron chi connectivity index (χ1n) is 4.21. The molecule has 0 fully saturated rings. The van der Waals surface area contributed by atoms with E-state index in [1.54, 1.807) is 32.1 Å². The smallest absolute Gasteiger partial charge is 0.260 e. The van der Waals surface area contributed by atoms with Gasteiger partial charge in [0.25, 0.3) is 11.8 Å². The average Bonchev–Trinajstić information content (AvgIpc) is 2.41. The van der Waals surface area contributed by atoms with Gasteiger partial charge in [-0.1, -0.05) is 12.1 Å². The summed E-state index contributed by atoms with van der Waals surface area (Å²) < 4.78 is 0. The van der Waals surface area contributed by atoms with Gasteiger partial charge in [-0.05, 0) is 18.6 Å². The molecule has 4 heteroatoms. The first kappa shape index (κ1) is 8.04. The van der Waals surface area contributed by atoms with Crippen molar-refractivity contribution in [3.63, 3.8) is 0 Å². The molecule has 0 atom stereocenters. The predicted molar refractivity (Wildman–Crippen MR) is 50.4 cm³/mol. The van der Waals surface area contributed by atoms with Crippen LogP contribution in [0.1, 0.15) is 20.7 Å². The van der Waals surface area contributed by atoms with Gasteiger partial charge in [0.1, 0.15) is 7.85 Å². The summed E-state index contributed by atoms with van der Waals surface area (Å²) in [5.41, 5.74) is 1.05. The molecule has 0 aliphatic carbocycles. The summed E-state index contributed by atoms with van der Waals surface area (Å²) >= 11 is 0. The standard InChI is InChI=1S/C9H8BNO2/c10-5-11-8(12)6-3-1-2-4-7(6)9(11)13/h1-4H,5,10H2. The van der Waals surface area contributed by atoms with Crippen LogP contribution in [0.2, 0.25) is 0 Å². The van der Waals surface area contributed by atoms with Crippen LogP contribution in [0.5, 0.6) is 0 Å². The van der Waals surface area contributed by atoms with E-state index >= 15 is 0 Å². The molecule has 0 aromatic heterocycles. The molecule has 1 aromatic carbocycles. The second-order valence-electron chi connectivity index (χ2n) is 2.90. The Hall–Kier alpha value is -1.58. The number of carbonyl (C=O) groups is 2. The fourth-order valence-corrected chi connectivity index (χ4v) is 1.53. The number of imide groups is 1. The van der Waals surface area contributed by atoms with Crippen molar-refractivity contribution >= 4 is 19.7 Å². The Morgan fingerprint density at radius 1 is 1.08 bits per heavy atom. The third kappa shape index (κ3) is 0.984. The Morgan fingerprint density at radius 3 is 1.92 bits per heavy atom. The fraction of sp³-hybridized carbons (Fsp3) is 0.111. The number of amides is 2. The summed E-state index contributed by atoms with van der Waals surface area (Å²) in [6, 6.07) is 6.91. The van der Waals surface area contributed by atoms with Crippen molar-refractivity contribution in [3.8, 4) is 0 Å². The molecule has 2 amide bonds. The third-order valence-electron chi connectivity index (χ3n) is 2.19. The van der Waals surface area contributed by atoms with Crippen LogP contribution >= 0.6 is 0 Å². The number of hydrogen-bond acceptors (Lipinski definition) is 2. The van der Waals surface area contributed by atoms with Crippen LogP contribution in [0.15, 0.2) is 24.3 Å². The van der Waals surface area contributed by atoms with Crippen LogP contribution in [-0.4, -0.2) is 31.0 Å². The van der Waals surface area contributed by atoms with Crippen LogP contribution < -0.4 is 0 Å². The second kappa shape index (κ2) is 2.73. The SMILES string of the molecule is BCN1C(=O)c2ccccc2C1=O. The van der Waals surface area contributed by atoms with Crippen LogP contribution in [-0.2, 0) is 0 Å². The molecule has 0 saturated carbocycles. The van der Waals surface area contributed by atoms with E-state index in [4.69, 9.17) is 0 Å². The first-order valence-corrected chi connectivity index (χ1v) is 4.21. The van der Waals surface area contributed by atoms with E-state index in [1.165, 1.54) is 4.90 Å². The van der Waals surface area contributed by atoms with E-state index in [9.17, 15) is 9.59 Å². The lowest BCUT2D eigenvalue weighted by Crippen LogP contribution is -2.30. The van der Waals surface area contributed by atoms with Gasteiger partial charge in [-0.15, -0.1) is 0 Å². The molecule has 0 bridgehead atoms. The fourth-order valence-electron chi connectivity index (χ4n) is 1.53. The van der Waals surface area contributed by atoms with E-state index in [0.717, 1.165) is 0 Å². The Morgan fingerprint density at radius 2 is 1.54 bits per heavy atom. The highest BCUT2D eigenvalue weighted by atomic mass is 16.2. The van der Waals surface area contributed by atoms with Gasteiger partial charge in [0.15, 0.2) is 0 Å². The summed E-state index contributed by atoms with van der Waals surface area (Å²) in [6.07, 6.45) is 0.437. The molecule has 0 N–H and O–H groups in total. The van der Waals surface area contributed by atoms with Crippen molar-refractivity contribution in [1.29, 1.82) is 0 Å². The lowest BCUT2D eigenvalue weighted by molar-refractivity contribution is 0.0682. The summed E-state index contributed by atoms with van der Waals surface area (Å²) in [6.45, 7) is 0. The number of hydrogen-bond donors (Lipinski definition) is 0. The van der Waals surface area contributed by atoms with Gasteiger partial charge in [-0.25, -0.2) is 0 Å². The van der Waals surface area contributed by atoms with Crippen molar-refractivity contribution in [2.75, 3.05) is 6.44 Å². The Kier molecular flexibility index (Phi) is 1.69. The van der Waals surface area contributed by atoms with Gasteiger partial charge in [0, 0.05) is 0 Å². The number of carbonyl (C=O) groups excluding carboxylic acids is 2. The lowest BCUT2D eigenvalue weighted by Gasteiger charge is -2.08. The van der Waals surface area contributed by atoms with Crippen molar-refractivity contribution in [1.82, 2.24) is 4.90 Å². The normalized spacial score (nSPS) is 14.9. The molecule has 13 heavy (non-hydrogen) atoms. The van der Waals surface area contributed by atoms with E-state index in [0.29, 0.717) is 17.6 Å². The summed E-state index contributed by atoms with van der Waals surface area (Å²) in [4.78, 5) is 24.3. The molecular weight excluding hydrogens is 165 g/mol. The molecule has 0 saturated heterocycles. The number of rotatable bonds is 1. The maximum atomic E-state index is 11.5. The molecule has 1 aliphatic heterocycles. The minimum absolute atomic E-state index is 0.178. The van der Waals surface area contributed by atoms with Crippen LogP contribution in [0.4, 0.5) is 0 Å². The van der Waals surface area contributed by atoms with Gasteiger partial charge in [-0.2, -0.15) is 0 Å². The Balaban J connectivity index is 2.57. The average molecular weight is 173 g/mol. The topological polar surface area (TPSA) is 37.4 Å². The third-order valence-corrected chi connectivity index (χ3v) is 2.19. The van der Waals surface area contributed by atoms with Crippen LogP contribution in [0, 0.1) is 0 Å². The molecule has 0 spiro atoms. The molecule has 0 radical (unpaired) electrons. The van der Waals surface area contributed by atoms with Gasteiger partial charge in [-0.3, -0.25) is 14.5 Å². The summed E-state index contributed by atoms with van der Waals surface area (Å²) in [7, 11) is 1.79. The maximum absolute atomic E-state index is 11.5. The largest absolute Gasteiger partial charge is 0.283 e. The zero-order valence-corrected chi connectivity index (χ0v) is 7.28. The minimum Gasteiger partial charge on any atom is -0.283 e. The highest BCUT2D eigenvalue weighted by molar-refractivity contribution is 6.24. The predicted octanol–water partition coefficient (Wildman–Crippen LogP) is -0.127. The van der Waals surface area contributed by atoms with E-state index < -0.39 is 0 Å². The molecular formula is C9H8BNO2. The molecule has 3 nitrogen and oxygen atoms in total. The first-order chi connectivity index (χ1) is 6.25. The van der Waals surface area contributed by atoms with Gasteiger partial charge >= 0.3 is 0 Å².